The van der Waals surface area contributed by atoms with Gasteiger partial charge >= 0.3 is 0 Å². The first kappa shape index (κ1) is 16.8. The minimum Gasteiger partial charge on any atom is -0.308 e. The van der Waals surface area contributed by atoms with Crippen LogP contribution >= 0.6 is 35.2 Å². The van der Waals surface area contributed by atoms with Gasteiger partial charge in [-0.25, -0.2) is 4.98 Å². The van der Waals surface area contributed by atoms with Gasteiger partial charge in [0.15, 0.2) is 10.2 Å². The molecule has 0 aliphatic rings. The van der Waals surface area contributed by atoms with Crippen LogP contribution in [0.15, 0.2) is 36.4 Å². The van der Waals surface area contributed by atoms with E-state index in [0.29, 0.717) is 15.7 Å². The number of thiazole rings is 1. The Morgan fingerprint density at radius 3 is 2.75 bits per heavy atom. The number of nitrogens with one attached hydrogen (secondary N) is 2. The number of carbonyl (C=O) groups excluding carboxylic acids is 1. The first-order valence-corrected chi connectivity index (χ1v) is 8.79. The van der Waals surface area contributed by atoms with Crippen LogP contribution in [0.4, 0.5) is 5.13 Å². The van der Waals surface area contributed by atoms with Crippen LogP contribution in [0.2, 0.25) is 5.02 Å². The Labute approximate surface area is 153 Å². The molecule has 1 heterocycles. The predicted molar refractivity (Wildman–Crippen MR) is 104 cm³/mol. The molecule has 2 aromatic carbocycles. The van der Waals surface area contributed by atoms with Gasteiger partial charge in [0.1, 0.15) is 0 Å². The van der Waals surface area contributed by atoms with Crippen LogP contribution in [-0.4, -0.2) is 16.0 Å². The van der Waals surface area contributed by atoms with Crippen molar-refractivity contribution in [3.63, 3.8) is 0 Å². The van der Waals surface area contributed by atoms with Gasteiger partial charge in [0.2, 0.25) is 0 Å². The Hall–Kier alpha value is -2.02. The maximum Gasteiger partial charge on any atom is 0.258 e. The van der Waals surface area contributed by atoms with E-state index in [2.05, 4.69) is 27.8 Å². The summed E-state index contributed by atoms with van der Waals surface area (Å²) in [5.74, 6) is -0.355. The smallest absolute Gasteiger partial charge is 0.258 e. The molecule has 0 saturated carbocycles. The van der Waals surface area contributed by atoms with Crippen LogP contribution < -0.4 is 10.6 Å². The number of amides is 1. The van der Waals surface area contributed by atoms with Gasteiger partial charge < -0.3 is 5.32 Å². The highest BCUT2D eigenvalue weighted by molar-refractivity contribution is 7.80. The highest BCUT2D eigenvalue weighted by Gasteiger charge is 2.13. The third kappa shape index (κ3) is 3.56. The van der Waals surface area contributed by atoms with Gasteiger partial charge in [-0.05, 0) is 55.4 Å². The lowest BCUT2D eigenvalue weighted by Crippen LogP contribution is -2.34. The van der Waals surface area contributed by atoms with E-state index in [1.165, 1.54) is 16.9 Å². The zero-order chi connectivity index (χ0) is 17.3. The monoisotopic (exact) mass is 375 g/mol. The second kappa shape index (κ2) is 6.84. The minimum absolute atomic E-state index is 0.188. The number of rotatable bonds is 2. The van der Waals surface area contributed by atoms with Crippen LogP contribution in [0.1, 0.15) is 21.5 Å². The Bertz CT molecular complexity index is 952. The van der Waals surface area contributed by atoms with Crippen molar-refractivity contribution in [2.75, 3.05) is 5.32 Å². The topological polar surface area (TPSA) is 54.0 Å². The van der Waals surface area contributed by atoms with Gasteiger partial charge in [-0.1, -0.05) is 41.1 Å². The Kier molecular flexibility index (Phi) is 4.80. The summed E-state index contributed by atoms with van der Waals surface area (Å²) in [4.78, 5) is 16.7. The first-order chi connectivity index (χ1) is 11.4. The summed E-state index contributed by atoms with van der Waals surface area (Å²) in [6.45, 7) is 4.07. The van der Waals surface area contributed by atoms with Crippen molar-refractivity contribution in [3.05, 3.63) is 58.1 Å². The number of halogens is 1. The van der Waals surface area contributed by atoms with E-state index >= 15 is 0 Å². The van der Waals surface area contributed by atoms with Crippen LogP contribution in [0.25, 0.3) is 10.2 Å². The molecule has 2 N–H and O–H groups in total. The number of benzene rings is 2. The normalized spacial score (nSPS) is 10.6. The predicted octanol–water partition coefficient (Wildman–Crippen LogP) is 4.69. The summed E-state index contributed by atoms with van der Waals surface area (Å²) in [5.41, 5.74) is 3.61. The molecule has 7 heteroatoms. The molecule has 122 valence electrons. The summed E-state index contributed by atoms with van der Waals surface area (Å²) in [7, 11) is 0. The maximum absolute atomic E-state index is 12.2. The van der Waals surface area contributed by atoms with Crippen molar-refractivity contribution in [2.24, 2.45) is 0 Å². The van der Waals surface area contributed by atoms with Gasteiger partial charge in [-0.3, -0.25) is 10.1 Å². The van der Waals surface area contributed by atoms with Gasteiger partial charge in [0.05, 0.1) is 20.8 Å². The van der Waals surface area contributed by atoms with E-state index in [1.807, 2.05) is 13.8 Å². The summed E-state index contributed by atoms with van der Waals surface area (Å²) in [6, 6.07) is 11.0. The lowest BCUT2D eigenvalue weighted by molar-refractivity contribution is 0.0978. The van der Waals surface area contributed by atoms with E-state index in [-0.39, 0.29) is 11.0 Å². The average Bonchev–Trinajstić information content (AvgIpc) is 2.89. The quantitative estimate of drug-likeness (QED) is 0.638. The van der Waals surface area contributed by atoms with Crippen LogP contribution in [0, 0.1) is 13.8 Å². The standard InChI is InChI=1S/C17H14ClN3OS2/c1-9-7-10(2)14-13(8-9)24-17(19-14)21-16(23)20-15(22)11-5-3-4-6-12(11)18/h3-8H,1-2H3,(H2,19,20,21,22,23). The summed E-state index contributed by atoms with van der Waals surface area (Å²) in [6.07, 6.45) is 0. The number of fused-ring (bicyclic) bond motifs is 1. The van der Waals surface area contributed by atoms with Crippen molar-refractivity contribution < 1.29 is 4.79 Å². The van der Waals surface area contributed by atoms with Gasteiger partial charge in [0, 0.05) is 0 Å². The third-order valence-electron chi connectivity index (χ3n) is 3.40. The molecule has 0 aliphatic heterocycles. The number of aryl methyl sites for hydroxylation is 2. The molecule has 24 heavy (non-hydrogen) atoms. The van der Waals surface area contributed by atoms with Crippen molar-refractivity contribution in [3.8, 4) is 0 Å². The van der Waals surface area contributed by atoms with E-state index in [9.17, 15) is 4.79 Å². The SMILES string of the molecule is Cc1cc(C)c2nc(NC(=S)NC(=O)c3ccccc3Cl)sc2c1. The van der Waals surface area contributed by atoms with Crippen LogP contribution in [-0.2, 0) is 0 Å². The Morgan fingerprint density at radius 2 is 2.00 bits per heavy atom. The molecule has 0 radical (unpaired) electrons. The molecule has 0 aliphatic carbocycles. The lowest BCUT2D eigenvalue weighted by Gasteiger charge is -2.08. The first-order valence-electron chi connectivity index (χ1n) is 7.18. The fourth-order valence-corrected chi connectivity index (χ4v) is 3.89. The fraction of sp³-hybridized carbons (Fsp3) is 0.118. The molecule has 0 bridgehead atoms. The molecule has 0 atom stereocenters. The molecule has 3 rings (SSSR count). The second-order valence-corrected chi connectivity index (χ2v) is 7.18. The number of hydrogen-bond donors (Lipinski definition) is 2. The largest absolute Gasteiger partial charge is 0.308 e. The molecule has 1 aromatic heterocycles. The Morgan fingerprint density at radius 1 is 1.25 bits per heavy atom. The average molecular weight is 376 g/mol. The van der Waals surface area contributed by atoms with Crippen molar-refractivity contribution in [1.82, 2.24) is 10.3 Å². The summed E-state index contributed by atoms with van der Waals surface area (Å²) < 4.78 is 1.08. The number of thiocarbonyl (C=S) groups is 1. The van der Waals surface area contributed by atoms with Gasteiger partial charge in [-0.15, -0.1) is 0 Å². The van der Waals surface area contributed by atoms with E-state index in [0.717, 1.165) is 15.8 Å². The zero-order valence-electron chi connectivity index (χ0n) is 13.0. The third-order valence-corrected chi connectivity index (χ3v) is 4.85. The highest BCUT2D eigenvalue weighted by atomic mass is 35.5. The van der Waals surface area contributed by atoms with Crippen molar-refractivity contribution in [2.45, 2.75) is 13.8 Å². The van der Waals surface area contributed by atoms with Crippen molar-refractivity contribution in [1.29, 1.82) is 0 Å². The molecule has 4 nitrogen and oxygen atoms in total. The van der Waals surface area contributed by atoms with Crippen LogP contribution in [0.3, 0.4) is 0 Å². The molecule has 0 saturated heterocycles. The number of nitrogens with zero attached hydrogens (tertiary/aromatic N) is 1. The summed E-state index contributed by atoms with van der Waals surface area (Å²) >= 11 is 12.7. The van der Waals surface area contributed by atoms with E-state index < -0.39 is 0 Å². The number of carbonyl (C=O) groups is 1. The van der Waals surface area contributed by atoms with Crippen LogP contribution in [0.5, 0.6) is 0 Å². The maximum atomic E-state index is 12.2. The Balaban J connectivity index is 1.74. The van der Waals surface area contributed by atoms with E-state index in [4.69, 9.17) is 23.8 Å². The molecule has 0 spiro atoms. The molecule has 0 fully saturated rings. The molecule has 1 amide bonds. The van der Waals surface area contributed by atoms with E-state index in [1.54, 1.807) is 24.3 Å². The number of aromatic nitrogens is 1. The number of hydrogen-bond acceptors (Lipinski definition) is 4. The van der Waals surface area contributed by atoms with Gasteiger partial charge in [0.25, 0.3) is 5.91 Å². The highest BCUT2D eigenvalue weighted by Crippen LogP contribution is 2.29. The molecular formula is C17H14ClN3OS2. The van der Waals surface area contributed by atoms with Crippen molar-refractivity contribution >= 4 is 61.5 Å². The molecule has 0 unspecified atom stereocenters. The van der Waals surface area contributed by atoms with Gasteiger partial charge in [-0.2, -0.15) is 0 Å². The zero-order valence-corrected chi connectivity index (χ0v) is 15.4. The number of anilines is 1. The molecular weight excluding hydrogens is 362 g/mol. The fourth-order valence-electron chi connectivity index (χ4n) is 2.37. The molecule has 3 aromatic rings. The second-order valence-electron chi connectivity index (χ2n) is 5.34. The summed E-state index contributed by atoms with van der Waals surface area (Å²) in [5, 5.41) is 6.79. The minimum atomic E-state index is -0.355. The lowest BCUT2D eigenvalue weighted by atomic mass is 10.1.